The van der Waals surface area contributed by atoms with Crippen LogP contribution in [0.4, 0.5) is 0 Å². The number of likely N-dealkylation sites (N-methyl/N-ethyl adjacent to an activating group) is 1. The van der Waals surface area contributed by atoms with Crippen LogP contribution in [0.5, 0.6) is 0 Å². The first-order valence-corrected chi connectivity index (χ1v) is 5.67. The summed E-state index contributed by atoms with van der Waals surface area (Å²) in [5.74, 6) is 0. The van der Waals surface area contributed by atoms with E-state index in [0.717, 1.165) is 32.6 Å². The van der Waals surface area contributed by atoms with Crippen LogP contribution in [0, 0.1) is 0 Å². The fourth-order valence-electron chi connectivity index (χ4n) is 1.53. The first kappa shape index (κ1) is 12.5. The predicted octanol–water partition coefficient (Wildman–Crippen LogP) is 0.575. The molecule has 4 heteroatoms. The smallest absolute Gasteiger partial charge is 0.209 e. The largest absolute Gasteiger partial charge is 0.381 e. The Morgan fingerprint density at radius 1 is 1.20 bits per heavy atom. The minimum Gasteiger partial charge on any atom is -0.381 e. The minimum atomic E-state index is 0.616. The molecule has 0 aromatic carbocycles. The first-order valence-electron chi connectivity index (χ1n) is 5.67. The van der Waals surface area contributed by atoms with Crippen molar-refractivity contribution in [2.24, 2.45) is 0 Å². The molecular weight excluding hydrogens is 192 g/mol. The molecule has 0 unspecified atom stereocenters. The minimum absolute atomic E-state index is 0.616. The Kier molecular flexibility index (Phi) is 5.65. The molecule has 2 aliphatic rings. The molecule has 1 heterocycles. The van der Waals surface area contributed by atoms with E-state index >= 15 is 0 Å². The predicted molar refractivity (Wildman–Crippen MR) is 59.8 cm³/mol. The Balaban J connectivity index is 0.000000162. The van der Waals surface area contributed by atoms with E-state index in [9.17, 15) is 4.79 Å². The number of ether oxygens (including phenoxy) is 1. The summed E-state index contributed by atoms with van der Waals surface area (Å²) in [6.45, 7) is 3.80. The molecule has 0 aromatic rings. The van der Waals surface area contributed by atoms with Gasteiger partial charge in [0.05, 0.1) is 6.10 Å². The van der Waals surface area contributed by atoms with Crippen LogP contribution in [0.3, 0.4) is 0 Å². The number of amides is 1. The van der Waals surface area contributed by atoms with E-state index < -0.39 is 0 Å². The average Bonchev–Trinajstić information content (AvgIpc) is 2.18. The van der Waals surface area contributed by atoms with Crippen LogP contribution < -0.4 is 0 Å². The molecule has 2 fully saturated rings. The zero-order valence-corrected chi connectivity index (χ0v) is 9.82. The Labute approximate surface area is 92.2 Å². The van der Waals surface area contributed by atoms with Crippen molar-refractivity contribution in [3.05, 3.63) is 0 Å². The zero-order chi connectivity index (χ0) is 11.1. The number of hydrogen-bond acceptors (Lipinski definition) is 3. The quantitative estimate of drug-likeness (QED) is 0.630. The van der Waals surface area contributed by atoms with Gasteiger partial charge in [0.1, 0.15) is 0 Å². The third kappa shape index (κ3) is 4.62. The van der Waals surface area contributed by atoms with Crippen LogP contribution in [0.15, 0.2) is 0 Å². The lowest BCUT2D eigenvalue weighted by Gasteiger charge is -2.29. The number of hydrogen-bond donors (Lipinski definition) is 0. The third-order valence-corrected chi connectivity index (χ3v) is 3.07. The van der Waals surface area contributed by atoms with Crippen LogP contribution in [-0.4, -0.2) is 62.7 Å². The van der Waals surface area contributed by atoms with Gasteiger partial charge in [-0.3, -0.25) is 4.79 Å². The van der Waals surface area contributed by atoms with Crippen LogP contribution in [-0.2, 0) is 9.53 Å². The van der Waals surface area contributed by atoms with E-state index in [-0.39, 0.29) is 0 Å². The van der Waals surface area contributed by atoms with Gasteiger partial charge in [-0.2, -0.15) is 0 Å². The Morgan fingerprint density at radius 2 is 1.80 bits per heavy atom. The monoisotopic (exact) mass is 214 g/mol. The average molecular weight is 214 g/mol. The van der Waals surface area contributed by atoms with Crippen LogP contribution in [0.25, 0.3) is 0 Å². The maximum absolute atomic E-state index is 10.2. The van der Waals surface area contributed by atoms with Gasteiger partial charge < -0.3 is 14.5 Å². The molecule has 2 rings (SSSR count). The van der Waals surface area contributed by atoms with Crippen LogP contribution in [0.2, 0.25) is 0 Å². The third-order valence-electron chi connectivity index (χ3n) is 3.07. The summed E-state index contributed by atoms with van der Waals surface area (Å²) in [4.78, 5) is 14.2. The van der Waals surface area contributed by atoms with Crippen molar-refractivity contribution in [2.45, 2.75) is 25.4 Å². The van der Waals surface area contributed by atoms with Crippen molar-refractivity contribution >= 4 is 6.41 Å². The highest BCUT2D eigenvalue weighted by atomic mass is 16.5. The van der Waals surface area contributed by atoms with E-state index in [1.54, 1.807) is 12.0 Å². The van der Waals surface area contributed by atoms with Crippen molar-refractivity contribution in [3.63, 3.8) is 0 Å². The highest BCUT2D eigenvalue weighted by Crippen LogP contribution is 2.20. The molecule has 0 spiro atoms. The summed E-state index contributed by atoms with van der Waals surface area (Å²) < 4.78 is 4.99. The SMILES string of the molecule is CN1CCN(C=O)CC1.COC1CCC1. The standard InChI is InChI=1S/C6H12N2O.C5H10O/c1-7-2-4-8(6-9)5-3-7;1-6-5-3-2-4-5/h6H,2-5H2,1H3;5H,2-4H2,1H3. The fourth-order valence-corrected chi connectivity index (χ4v) is 1.53. The van der Waals surface area contributed by atoms with Crippen molar-refractivity contribution in [1.29, 1.82) is 0 Å². The molecule has 1 aliphatic carbocycles. The Hall–Kier alpha value is -0.610. The normalized spacial score (nSPS) is 22.7. The molecule has 1 saturated heterocycles. The van der Waals surface area contributed by atoms with Gasteiger partial charge in [0, 0.05) is 33.3 Å². The summed E-state index contributed by atoms with van der Waals surface area (Å²) in [6, 6.07) is 0. The van der Waals surface area contributed by atoms with Gasteiger partial charge in [0.15, 0.2) is 0 Å². The van der Waals surface area contributed by atoms with Crippen molar-refractivity contribution in [1.82, 2.24) is 9.80 Å². The second kappa shape index (κ2) is 6.80. The lowest BCUT2D eigenvalue weighted by molar-refractivity contribution is -0.119. The van der Waals surface area contributed by atoms with Gasteiger partial charge in [-0.25, -0.2) is 0 Å². The molecule has 0 N–H and O–H groups in total. The molecule has 0 atom stereocenters. The summed E-state index contributed by atoms with van der Waals surface area (Å²) >= 11 is 0. The van der Waals surface area contributed by atoms with E-state index in [4.69, 9.17) is 4.74 Å². The van der Waals surface area contributed by atoms with E-state index in [1.807, 2.05) is 0 Å². The summed E-state index contributed by atoms with van der Waals surface area (Å²) in [5.41, 5.74) is 0. The molecule has 15 heavy (non-hydrogen) atoms. The topological polar surface area (TPSA) is 32.8 Å². The zero-order valence-electron chi connectivity index (χ0n) is 9.82. The molecule has 0 bridgehead atoms. The van der Waals surface area contributed by atoms with Crippen molar-refractivity contribution < 1.29 is 9.53 Å². The highest BCUT2D eigenvalue weighted by Gasteiger charge is 2.14. The number of carbonyl (C=O) groups excluding carboxylic acids is 1. The summed E-state index contributed by atoms with van der Waals surface area (Å²) in [6.07, 6.45) is 5.49. The van der Waals surface area contributed by atoms with Gasteiger partial charge in [-0.1, -0.05) is 0 Å². The van der Waals surface area contributed by atoms with E-state index in [0.29, 0.717) is 6.10 Å². The molecule has 4 nitrogen and oxygen atoms in total. The molecule has 1 amide bonds. The maximum Gasteiger partial charge on any atom is 0.209 e. The van der Waals surface area contributed by atoms with Crippen molar-refractivity contribution in [2.75, 3.05) is 40.3 Å². The highest BCUT2D eigenvalue weighted by molar-refractivity contribution is 5.47. The second-order valence-electron chi connectivity index (χ2n) is 4.23. The van der Waals surface area contributed by atoms with Gasteiger partial charge >= 0.3 is 0 Å². The van der Waals surface area contributed by atoms with Gasteiger partial charge in [-0.05, 0) is 26.3 Å². The Bertz CT molecular complexity index is 173. The van der Waals surface area contributed by atoms with Crippen LogP contribution >= 0.6 is 0 Å². The Morgan fingerprint density at radius 3 is 2.07 bits per heavy atom. The molecule has 0 radical (unpaired) electrons. The van der Waals surface area contributed by atoms with Gasteiger partial charge in [-0.15, -0.1) is 0 Å². The molecule has 1 saturated carbocycles. The maximum atomic E-state index is 10.2. The van der Waals surface area contributed by atoms with E-state index in [1.165, 1.54) is 19.3 Å². The van der Waals surface area contributed by atoms with E-state index in [2.05, 4.69) is 11.9 Å². The lowest BCUT2D eigenvalue weighted by Crippen LogP contribution is -2.43. The first-order chi connectivity index (χ1) is 7.26. The molecular formula is C11H22N2O2. The van der Waals surface area contributed by atoms with Crippen molar-refractivity contribution in [3.8, 4) is 0 Å². The fraction of sp³-hybridized carbons (Fsp3) is 0.909. The molecule has 1 aliphatic heterocycles. The van der Waals surface area contributed by atoms with Gasteiger partial charge in [0.25, 0.3) is 0 Å². The molecule has 0 aromatic heterocycles. The number of rotatable bonds is 2. The second-order valence-corrected chi connectivity index (χ2v) is 4.23. The summed E-state index contributed by atoms with van der Waals surface area (Å²) in [5, 5.41) is 0. The van der Waals surface area contributed by atoms with Gasteiger partial charge in [0.2, 0.25) is 6.41 Å². The lowest BCUT2D eigenvalue weighted by atomic mass is 9.96. The summed E-state index contributed by atoms with van der Waals surface area (Å²) in [7, 11) is 3.85. The number of piperazine rings is 1. The number of methoxy groups -OCH3 is 1. The molecule has 88 valence electrons. The van der Waals surface area contributed by atoms with Crippen LogP contribution in [0.1, 0.15) is 19.3 Å². The number of carbonyl (C=O) groups is 1. The number of nitrogens with zero attached hydrogens (tertiary/aromatic N) is 2.